The molecule has 2 aromatic heterocycles. The van der Waals surface area contributed by atoms with E-state index in [2.05, 4.69) is 10.3 Å². The number of amides is 1. The first-order valence-corrected chi connectivity index (χ1v) is 9.14. The molecular weight excluding hydrogens is 341 g/mol. The standard InChI is InChI=1S/C22H22FN3O/c1-15-12-20(16(2)26(15)19-4-3-11-24-13-19)21(27)25-14-22(9-10-22)17-5-7-18(23)8-6-17/h3-8,11-13H,9-10,14H2,1-2H3,(H,25,27). The van der Waals surface area contributed by atoms with Gasteiger partial charge < -0.3 is 9.88 Å². The minimum absolute atomic E-state index is 0.0573. The summed E-state index contributed by atoms with van der Waals surface area (Å²) in [5.74, 6) is -0.312. The third-order valence-corrected chi connectivity index (χ3v) is 5.48. The molecule has 0 spiro atoms. The van der Waals surface area contributed by atoms with E-state index in [1.165, 1.54) is 12.1 Å². The van der Waals surface area contributed by atoms with E-state index in [9.17, 15) is 9.18 Å². The fraction of sp³-hybridized carbons (Fsp3) is 0.273. The van der Waals surface area contributed by atoms with Gasteiger partial charge >= 0.3 is 0 Å². The van der Waals surface area contributed by atoms with Gasteiger partial charge in [0.15, 0.2) is 0 Å². The molecule has 2 heterocycles. The predicted octanol–water partition coefficient (Wildman–Crippen LogP) is 4.09. The number of nitrogens with zero attached hydrogens (tertiary/aromatic N) is 2. The second kappa shape index (κ2) is 6.65. The van der Waals surface area contributed by atoms with Crippen LogP contribution in [0.3, 0.4) is 0 Å². The zero-order valence-corrected chi connectivity index (χ0v) is 15.5. The molecule has 1 aliphatic carbocycles. The number of aromatic nitrogens is 2. The van der Waals surface area contributed by atoms with Crippen molar-refractivity contribution in [3.05, 3.63) is 83.2 Å². The van der Waals surface area contributed by atoms with Crippen LogP contribution < -0.4 is 5.32 Å². The number of carbonyl (C=O) groups excluding carboxylic acids is 1. The molecule has 5 heteroatoms. The number of benzene rings is 1. The summed E-state index contributed by atoms with van der Waals surface area (Å²) in [6.07, 6.45) is 5.53. The van der Waals surface area contributed by atoms with Gasteiger partial charge in [0.25, 0.3) is 5.91 Å². The van der Waals surface area contributed by atoms with Crippen LogP contribution in [0, 0.1) is 19.7 Å². The van der Waals surface area contributed by atoms with E-state index in [1.54, 1.807) is 12.4 Å². The normalized spacial score (nSPS) is 14.8. The molecule has 0 unspecified atom stereocenters. The maximum absolute atomic E-state index is 13.2. The van der Waals surface area contributed by atoms with Crippen molar-refractivity contribution in [2.75, 3.05) is 6.54 Å². The highest BCUT2D eigenvalue weighted by Gasteiger charge is 2.44. The van der Waals surface area contributed by atoms with Crippen molar-refractivity contribution in [1.29, 1.82) is 0 Å². The van der Waals surface area contributed by atoms with Crippen LogP contribution >= 0.6 is 0 Å². The highest BCUT2D eigenvalue weighted by molar-refractivity contribution is 5.96. The van der Waals surface area contributed by atoms with Crippen LogP contribution in [0.2, 0.25) is 0 Å². The molecule has 1 amide bonds. The number of aryl methyl sites for hydroxylation is 1. The molecule has 138 valence electrons. The monoisotopic (exact) mass is 363 g/mol. The van der Waals surface area contributed by atoms with Gasteiger partial charge in [-0.2, -0.15) is 0 Å². The molecule has 0 atom stereocenters. The summed E-state index contributed by atoms with van der Waals surface area (Å²) in [5.41, 5.74) is 4.53. The molecule has 0 saturated heterocycles. The first-order chi connectivity index (χ1) is 13.0. The van der Waals surface area contributed by atoms with Crippen LogP contribution in [0.1, 0.15) is 40.2 Å². The minimum atomic E-state index is -0.235. The highest BCUT2D eigenvalue weighted by Crippen LogP contribution is 2.47. The van der Waals surface area contributed by atoms with Crippen LogP contribution in [0.15, 0.2) is 54.9 Å². The van der Waals surface area contributed by atoms with E-state index < -0.39 is 0 Å². The molecule has 1 aromatic carbocycles. The van der Waals surface area contributed by atoms with Gasteiger partial charge in [0, 0.05) is 29.5 Å². The van der Waals surface area contributed by atoms with Crippen molar-refractivity contribution in [3.8, 4) is 5.69 Å². The van der Waals surface area contributed by atoms with Gasteiger partial charge in [-0.1, -0.05) is 12.1 Å². The molecule has 4 rings (SSSR count). The number of rotatable bonds is 5. The lowest BCUT2D eigenvalue weighted by atomic mass is 9.96. The Morgan fingerprint density at radius 3 is 2.59 bits per heavy atom. The molecule has 3 aromatic rings. The van der Waals surface area contributed by atoms with Gasteiger partial charge in [-0.25, -0.2) is 4.39 Å². The second-order valence-corrected chi connectivity index (χ2v) is 7.30. The SMILES string of the molecule is Cc1cc(C(=O)NCC2(c3ccc(F)cc3)CC2)c(C)n1-c1cccnc1. The summed E-state index contributed by atoms with van der Waals surface area (Å²) >= 11 is 0. The Balaban J connectivity index is 1.52. The first kappa shape index (κ1) is 17.5. The van der Waals surface area contributed by atoms with Crippen LogP contribution in [0.5, 0.6) is 0 Å². The average molecular weight is 363 g/mol. The average Bonchev–Trinajstić information content (AvgIpc) is 3.40. The summed E-state index contributed by atoms with van der Waals surface area (Å²) < 4.78 is 15.2. The molecule has 27 heavy (non-hydrogen) atoms. The van der Waals surface area contributed by atoms with E-state index in [1.807, 2.05) is 48.7 Å². The fourth-order valence-corrected chi connectivity index (χ4v) is 3.74. The Morgan fingerprint density at radius 1 is 1.22 bits per heavy atom. The topological polar surface area (TPSA) is 46.9 Å². The van der Waals surface area contributed by atoms with Gasteiger partial charge in [0.1, 0.15) is 5.82 Å². The van der Waals surface area contributed by atoms with Gasteiger partial charge in [-0.15, -0.1) is 0 Å². The molecular formula is C22H22FN3O. The fourth-order valence-electron chi connectivity index (χ4n) is 3.74. The number of pyridine rings is 1. The van der Waals surface area contributed by atoms with Crippen molar-refractivity contribution < 1.29 is 9.18 Å². The summed E-state index contributed by atoms with van der Waals surface area (Å²) in [4.78, 5) is 17.0. The van der Waals surface area contributed by atoms with E-state index in [0.29, 0.717) is 12.1 Å². The van der Waals surface area contributed by atoms with Crippen molar-refractivity contribution in [1.82, 2.24) is 14.9 Å². The van der Waals surface area contributed by atoms with Gasteiger partial charge in [-0.05, 0) is 62.6 Å². The van der Waals surface area contributed by atoms with E-state index in [0.717, 1.165) is 35.5 Å². The lowest BCUT2D eigenvalue weighted by Gasteiger charge is -2.17. The Bertz CT molecular complexity index is 973. The largest absolute Gasteiger partial charge is 0.351 e. The van der Waals surface area contributed by atoms with Crippen molar-refractivity contribution in [2.45, 2.75) is 32.1 Å². The minimum Gasteiger partial charge on any atom is -0.351 e. The predicted molar refractivity (Wildman–Crippen MR) is 103 cm³/mol. The summed E-state index contributed by atoms with van der Waals surface area (Å²) in [6, 6.07) is 12.4. The second-order valence-electron chi connectivity index (χ2n) is 7.30. The maximum Gasteiger partial charge on any atom is 0.253 e. The third kappa shape index (κ3) is 3.25. The Morgan fingerprint density at radius 2 is 1.96 bits per heavy atom. The molecule has 1 saturated carbocycles. The summed E-state index contributed by atoms with van der Waals surface area (Å²) in [6.45, 7) is 4.49. The molecule has 0 bridgehead atoms. The van der Waals surface area contributed by atoms with E-state index in [-0.39, 0.29) is 17.1 Å². The molecule has 0 radical (unpaired) electrons. The lowest BCUT2D eigenvalue weighted by molar-refractivity contribution is 0.0949. The number of hydrogen-bond acceptors (Lipinski definition) is 2. The zero-order chi connectivity index (χ0) is 19.0. The Hall–Kier alpha value is -2.95. The first-order valence-electron chi connectivity index (χ1n) is 9.14. The van der Waals surface area contributed by atoms with Crippen LogP contribution in [-0.4, -0.2) is 22.0 Å². The van der Waals surface area contributed by atoms with Gasteiger partial charge in [0.2, 0.25) is 0 Å². The quantitative estimate of drug-likeness (QED) is 0.742. The Labute approximate surface area is 158 Å². The number of nitrogens with one attached hydrogen (secondary N) is 1. The number of halogens is 1. The molecule has 1 fully saturated rings. The third-order valence-electron chi connectivity index (χ3n) is 5.48. The smallest absolute Gasteiger partial charge is 0.253 e. The summed E-state index contributed by atoms with van der Waals surface area (Å²) in [5, 5.41) is 3.09. The van der Waals surface area contributed by atoms with E-state index in [4.69, 9.17) is 0 Å². The van der Waals surface area contributed by atoms with Crippen LogP contribution in [0.25, 0.3) is 5.69 Å². The molecule has 4 nitrogen and oxygen atoms in total. The van der Waals surface area contributed by atoms with Crippen LogP contribution in [-0.2, 0) is 5.41 Å². The lowest BCUT2D eigenvalue weighted by Crippen LogP contribution is -2.32. The molecule has 1 N–H and O–H groups in total. The summed E-state index contributed by atoms with van der Waals surface area (Å²) in [7, 11) is 0. The van der Waals surface area contributed by atoms with Crippen LogP contribution in [0.4, 0.5) is 4.39 Å². The van der Waals surface area contributed by atoms with Gasteiger partial charge in [0.05, 0.1) is 17.4 Å². The van der Waals surface area contributed by atoms with Gasteiger partial charge in [-0.3, -0.25) is 9.78 Å². The van der Waals surface area contributed by atoms with Crippen molar-refractivity contribution in [3.63, 3.8) is 0 Å². The Kier molecular flexibility index (Phi) is 4.30. The highest BCUT2D eigenvalue weighted by atomic mass is 19.1. The maximum atomic E-state index is 13.2. The zero-order valence-electron chi connectivity index (χ0n) is 15.5. The number of hydrogen-bond donors (Lipinski definition) is 1. The van der Waals surface area contributed by atoms with E-state index >= 15 is 0 Å². The molecule has 1 aliphatic rings. The van der Waals surface area contributed by atoms with Crippen molar-refractivity contribution in [2.24, 2.45) is 0 Å². The van der Waals surface area contributed by atoms with Crippen molar-refractivity contribution >= 4 is 5.91 Å². The number of carbonyl (C=O) groups is 1. The molecule has 0 aliphatic heterocycles.